The van der Waals surface area contributed by atoms with Gasteiger partial charge in [0.15, 0.2) is 0 Å². The van der Waals surface area contributed by atoms with Crippen LogP contribution < -0.4 is 15.3 Å². The molecule has 0 spiro atoms. The first-order valence-electron chi connectivity index (χ1n) is 7.55. The predicted octanol–water partition coefficient (Wildman–Crippen LogP) is 2.37. The third-order valence-corrected chi connectivity index (χ3v) is 4.57. The van der Waals surface area contributed by atoms with Crippen molar-refractivity contribution in [3.63, 3.8) is 0 Å². The monoisotopic (exact) mass is 392 g/mol. The minimum Gasteiger partial charge on any atom is -0.497 e. The van der Waals surface area contributed by atoms with Crippen LogP contribution >= 0.6 is 15.9 Å². The van der Waals surface area contributed by atoms with Crippen LogP contribution in [-0.2, 0) is 0 Å². The molecule has 2 aromatic rings. The van der Waals surface area contributed by atoms with Gasteiger partial charge in [-0.25, -0.2) is 4.79 Å². The van der Waals surface area contributed by atoms with Crippen molar-refractivity contribution in [2.24, 2.45) is 0 Å². The highest BCUT2D eigenvalue weighted by atomic mass is 79.9. The molecule has 0 atom stereocenters. The molecule has 0 unspecified atom stereocenters. The van der Waals surface area contributed by atoms with E-state index in [9.17, 15) is 9.59 Å². The largest absolute Gasteiger partial charge is 0.497 e. The smallest absolute Gasteiger partial charge is 0.350 e. The van der Waals surface area contributed by atoms with Gasteiger partial charge < -0.3 is 19.0 Å². The van der Waals surface area contributed by atoms with Crippen molar-refractivity contribution in [3.8, 4) is 5.75 Å². The highest BCUT2D eigenvalue weighted by molar-refractivity contribution is 9.10. The lowest BCUT2D eigenvalue weighted by Crippen LogP contribution is -2.48. The topological polar surface area (TPSA) is 63.0 Å². The Kier molecular flexibility index (Phi) is 4.89. The minimum atomic E-state index is -0.490. The number of ether oxygens (including phenoxy) is 1. The van der Waals surface area contributed by atoms with Gasteiger partial charge in [0.1, 0.15) is 16.5 Å². The molecule has 0 aliphatic carbocycles. The Labute approximate surface area is 147 Å². The first kappa shape index (κ1) is 16.6. The molecule has 1 amide bonds. The molecule has 1 aliphatic heterocycles. The molecule has 6 nitrogen and oxygen atoms in total. The third kappa shape index (κ3) is 3.46. The van der Waals surface area contributed by atoms with Crippen LogP contribution in [0, 0.1) is 0 Å². The van der Waals surface area contributed by atoms with E-state index in [1.54, 1.807) is 12.0 Å². The summed E-state index contributed by atoms with van der Waals surface area (Å²) in [7, 11) is 1.64. The fourth-order valence-corrected chi connectivity index (χ4v) is 3.00. The molecule has 1 aromatic heterocycles. The number of carbonyl (C=O) groups excluding carboxylic acids is 1. The number of hydrogen-bond donors (Lipinski definition) is 0. The zero-order valence-electron chi connectivity index (χ0n) is 13.2. The number of piperazine rings is 1. The van der Waals surface area contributed by atoms with Crippen molar-refractivity contribution in [2.45, 2.75) is 0 Å². The summed E-state index contributed by atoms with van der Waals surface area (Å²) in [5.74, 6) is 0.692. The summed E-state index contributed by atoms with van der Waals surface area (Å²) in [6.45, 7) is 2.72. The molecule has 1 aromatic carbocycles. The van der Waals surface area contributed by atoms with Gasteiger partial charge in [-0.15, -0.1) is 0 Å². The molecule has 0 bridgehead atoms. The predicted molar refractivity (Wildman–Crippen MR) is 93.8 cm³/mol. The third-order valence-electron chi connectivity index (χ3n) is 4.02. The van der Waals surface area contributed by atoms with Crippen molar-refractivity contribution in [1.29, 1.82) is 0 Å². The van der Waals surface area contributed by atoms with Gasteiger partial charge >= 0.3 is 5.63 Å². The van der Waals surface area contributed by atoms with E-state index < -0.39 is 5.63 Å². The quantitative estimate of drug-likeness (QED) is 0.802. The molecule has 1 aliphatic rings. The molecule has 126 valence electrons. The van der Waals surface area contributed by atoms with Crippen LogP contribution in [0.3, 0.4) is 0 Å². The molecule has 0 N–H and O–H groups in total. The Hall–Kier alpha value is -2.28. The number of halogens is 1. The lowest BCUT2D eigenvalue weighted by atomic mass is 10.2. The molecule has 7 heteroatoms. The number of benzene rings is 1. The number of hydrogen-bond acceptors (Lipinski definition) is 5. The van der Waals surface area contributed by atoms with Crippen LogP contribution in [-0.4, -0.2) is 44.1 Å². The van der Waals surface area contributed by atoms with Gasteiger partial charge in [-0.3, -0.25) is 4.79 Å². The van der Waals surface area contributed by atoms with Crippen LogP contribution in [0.5, 0.6) is 5.75 Å². The minimum absolute atomic E-state index is 0.131. The number of anilines is 1. The zero-order valence-corrected chi connectivity index (χ0v) is 14.8. The first-order valence-corrected chi connectivity index (χ1v) is 8.34. The van der Waals surface area contributed by atoms with Crippen LogP contribution in [0.25, 0.3) is 0 Å². The van der Waals surface area contributed by atoms with Gasteiger partial charge in [0, 0.05) is 31.9 Å². The van der Waals surface area contributed by atoms with E-state index in [4.69, 9.17) is 9.15 Å². The standard InChI is InChI=1S/C17H17BrN2O4/c1-23-14-4-2-13(3-5-14)19-6-8-20(9-7-19)16(21)12-10-15(18)17(22)24-11-12/h2-5,10-11H,6-9H2,1H3. The second kappa shape index (κ2) is 7.09. The van der Waals surface area contributed by atoms with Gasteiger partial charge in [-0.05, 0) is 46.3 Å². The average molecular weight is 393 g/mol. The van der Waals surface area contributed by atoms with Gasteiger partial charge in [0.2, 0.25) is 0 Å². The normalized spacial score (nSPS) is 14.6. The lowest BCUT2D eigenvalue weighted by Gasteiger charge is -2.36. The summed E-state index contributed by atoms with van der Waals surface area (Å²) < 4.78 is 10.3. The zero-order chi connectivity index (χ0) is 17.1. The molecule has 2 heterocycles. The highest BCUT2D eigenvalue weighted by Crippen LogP contribution is 2.21. The molecule has 0 radical (unpaired) electrons. The van der Waals surface area contributed by atoms with Crippen LogP contribution in [0.15, 0.2) is 50.3 Å². The summed E-state index contributed by atoms with van der Waals surface area (Å²) in [5.41, 5.74) is 0.992. The first-order chi connectivity index (χ1) is 11.6. The van der Waals surface area contributed by atoms with E-state index in [0.29, 0.717) is 18.7 Å². The number of nitrogens with zero attached hydrogens (tertiary/aromatic N) is 2. The summed E-state index contributed by atoms with van der Waals surface area (Å²) in [5, 5.41) is 0. The summed E-state index contributed by atoms with van der Waals surface area (Å²) in [4.78, 5) is 27.8. The van der Waals surface area contributed by atoms with Crippen molar-refractivity contribution >= 4 is 27.5 Å². The van der Waals surface area contributed by atoms with Gasteiger partial charge in [-0.2, -0.15) is 0 Å². The van der Waals surface area contributed by atoms with Crippen LogP contribution in [0.4, 0.5) is 5.69 Å². The van der Waals surface area contributed by atoms with Crippen molar-refractivity contribution < 1.29 is 13.9 Å². The second-order valence-corrected chi connectivity index (χ2v) is 6.30. The van der Waals surface area contributed by atoms with Crippen LogP contribution in [0.2, 0.25) is 0 Å². The van der Waals surface area contributed by atoms with Gasteiger partial charge in [0.05, 0.1) is 12.7 Å². The van der Waals surface area contributed by atoms with Gasteiger partial charge in [-0.1, -0.05) is 0 Å². The molecular formula is C17H17BrN2O4. The Morgan fingerprint density at radius 1 is 1.17 bits per heavy atom. The van der Waals surface area contributed by atoms with E-state index in [0.717, 1.165) is 24.5 Å². The molecule has 1 saturated heterocycles. The molecule has 3 rings (SSSR count). The Balaban J connectivity index is 1.64. The second-order valence-electron chi connectivity index (χ2n) is 5.45. The Bertz CT molecular complexity index is 780. The van der Waals surface area contributed by atoms with E-state index in [1.807, 2.05) is 24.3 Å². The Morgan fingerprint density at radius 3 is 2.42 bits per heavy atom. The summed E-state index contributed by atoms with van der Waals surface area (Å²) in [6, 6.07) is 9.38. The maximum atomic E-state index is 12.5. The molecular weight excluding hydrogens is 376 g/mol. The van der Waals surface area contributed by atoms with Crippen molar-refractivity contribution in [3.05, 3.63) is 57.1 Å². The fourth-order valence-electron chi connectivity index (χ4n) is 2.66. The number of rotatable bonds is 3. The maximum Gasteiger partial charge on any atom is 0.350 e. The number of amides is 1. The average Bonchev–Trinajstić information content (AvgIpc) is 2.63. The van der Waals surface area contributed by atoms with E-state index in [-0.39, 0.29) is 10.4 Å². The summed E-state index contributed by atoms with van der Waals surface area (Å²) in [6.07, 6.45) is 1.21. The van der Waals surface area contributed by atoms with Crippen molar-refractivity contribution in [2.75, 3.05) is 38.2 Å². The molecule has 0 saturated carbocycles. The number of methoxy groups -OCH3 is 1. The highest BCUT2D eigenvalue weighted by Gasteiger charge is 2.23. The maximum absolute atomic E-state index is 12.5. The fraction of sp³-hybridized carbons (Fsp3) is 0.294. The summed E-state index contributed by atoms with van der Waals surface area (Å²) >= 11 is 3.09. The van der Waals surface area contributed by atoms with E-state index in [2.05, 4.69) is 20.8 Å². The van der Waals surface area contributed by atoms with E-state index >= 15 is 0 Å². The number of carbonyl (C=O) groups is 1. The van der Waals surface area contributed by atoms with Crippen molar-refractivity contribution in [1.82, 2.24) is 4.90 Å². The Morgan fingerprint density at radius 2 is 1.83 bits per heavy atom. The van der Waals surface area contributed by atoms with E-state index in [1.165, 1.54) is 12.3 Å². The molecule has 24 heavy (non-hydrogen) atoms. The van der Waals surface area contributed by atoms with Crippen LogP contribution in [0.1, 0.15) is 10.4 Å². The lowest BCUT2D eigenvalue weighted by molar-refractivity contribution is 0.0744. The SMILES string of the molecule is COc1ccc(N2CCN(C(=O)c3coc(=O)c(Br)c3)CC2)cc1. The molecule has 1 fully saturated rings. The van der Waals surface area contributed by atoms with Gasteiger partial charge in [0.25, 0.3) is 5.91 Å².